The molecule has 0 atom stereocenters. The molecule has 0 N–H and O–H groups in total. The second-order valence-electron chi connectivity index (χ2n) is 13.3. The summed E-state index contributed by atoms with van der Waals surface area (Å²) in [5.74, 6) is 5.07. The van der Waals surface area contributed by atoms with Crippen LogP contribution in [0.3, 0.4) is 0 Å². The van der Waals surface area contributed by atoms with Crippen LogP contribution in [0.25, 0.3) is 28.4 Å². The van der Waals surface area contributed by atoms with Gasteiger partial charge >= 0.3 is 0 Å². The molecule has 244 valence electrons. The molecule has 10 rings (SSSR count). The predicted molar refractivity (Wildman–Crippen MR) is 219 cm³/mol. The molecule has 0 bridgehead atoms. The standard InChI is InChI=1S/C47H33BN4/c1-3-4-28-38-33(2)49(34-20-9-5-10-21-34)46-43(38)48-44-39-29-17-18-30-40(39)50(35-22-11-6-12-23-35)47(44)52(37-26-15-8-16-27-37)42-32-19-31-41(45(42)48)51(46)36-24-13-7-14-25-36/h1,4-32H,2H3/b28-4-. The molecule has 52 heavy (non-hydrogen) atoms. The lowest BCUT2D eigenvalue weighted by molar-refractivity contribution is 0.990. The fourth-order valence-electron chi connectivity index (χ4n) is 8.61. The van der Waals surface area contributed by atoms with Gasteiger partial charge in [0.1, 0.15) is 11.6 Å². The molecule has 0 fully saturated rings. The monoisotopic (exact) mass is 664 g/mol. The van der Waals surface area contributed by atoms with Crippen LogP contribution in [0.4, 0.5) is 34.4 Å². The van der Waals surface area contributed by atoms with Crippen LogP contribution in [0.15, 0.2) is 170 Å². The summed E-state index contributed by atoms with van der Waals surface area (Å²) in [6.07, 6.45) is 9.94. The van der Waals surface area contributed by atoms with Crippen LogP contribution in [0.1, 0.15) is 11.3 Å². The number of rotatable bonds is 5. The van der Waals surface area contributed by atoms with E-state index in [0.29, 0.717) is 0 Å². The summed E-state index contributed by atoms with van der Waals surface area (Å²) in [7, 11) is 0. The van der Waals surface area contributed by atoms with E-state index in [-0.39, 0.29) is 6.71 Å². The normalized spacial score (nSPS) is 12.9. The van der Waals surface area contributed by atoms with Gasteiger partial charge in [-0.2, -0.15) is 0 Å². The average Bonchev–Trinajstić information content (AvgIpc) is 3.70. The van der Waals surface area contributed by atoms with Gasteiger partial charge in [0.2, 0.25) is 0 Å². The van der Waals surface area contributed by atoms with Gasteiger partial charge in [0.25, 0.3) is 6.71 Å². The quantitative estimate of drug-likeness (QED) is 0.135. The van der Waals surface area contributed by atoms with Gasteiger partial charge in [0.15, 0.2) is 0 Å². The molecule has 2 aliphatic heterocycles. The molecular weight excluding hydrogens is 631 g/mol. The van der Waals surface area contributed by atoms with Crippen LogP contribution in [0.5, 0.6) is 0 Å². The lowest BCUT2D eigenvalue weighted by Crippen LogP contribution is -2.61. The van der Waals surface area contributed by atoms with Gasteiger partial charge in [0, 0.05) is 39.8 Å². The van der Waals surface area contributed by atoms with Crippen molar-refractivity contribution < 1.29 is 0 Å². The Balaban J connectivity index is 1.43. The van der Waals surface area contributed by atoms with Gasteiger partial charge < -0.3 is 4.57 Å². The molecule has 4 heterocycles. The van der Waals surface area contributed by atoms with Gasteiger partial charge in [-0.25, -0.2) is 0 Å². The minimum absolute atomic E-state index is 0.105. The second kappa shape index (κ2) is 11.9. The summed E-state index contributed by atoms with van der Waals surface area (Å²) in [4.78, 5) is 4.94. The van der Waals surface area contributed by atoms with Crippen LogP contribution in [-0.4, -0.2) is 15.8 Å². The van der Waals surface area contributed by atoms with E-state index in [2.05, 4.69) is 202 Å². The number of para-hydroxylation sites is 5. The third-order valence-corrected chi connectivity index (χ3v) is 10.6. The Morgan fingerprint density at radius 1 is 0.500 bits per heavy atom. The Labute approximate surface area is 304 Å². The zero-order valence-corrected chi connectivity index (χ0v) is 28.7. The first kappa shape index (κ1) is 30.0. The molecule has 2 aliphatic rings. The number of hydrogen-bond acceptors (Lipinski definition) is 2. The fourth-order valence-corrected chi connectivity index (χ4v) is 8.61. The Kier molecular flexibility index (Phi) is 6.84. The van der Waals surface area contributed by atoms with Crippen molar-refractivity contribution in [1.82, 2.24) is 9.13 Å². The summed E-state index contributed by atoms with van der Waals surface area (Å²) in [6, 6.07) is 58.7. The molecule has 0 unspecified atom stereocenters. The second-order valence-corrected chi connectivity index (χ2v) is 13.3. The number of aromatic nitrogens is 2. The molecule has 2 aromatic heterocycles. The van der Waals surface area contributed by atoms with Gasteiger partial charge in [-0.3, -0.25) is 14.4 Å². The zero-order chi connectivity index (χ0) is 34.8. The molecule has 6 aromatic carbocycles. The van der Waals surface area contributed by atoms with Gasteiger partial charge in [-0.1, -0.05) is 103 Å². The van der Waals surface area contributed by atoms with Crippen LogP contribution >= 0.6 is 0 Å². The van der Waals surface area contributed by atoms with Crippen LogP contribution in [-0.2, 0) is 0 Å². The van der Waals surface area contributed by atoms with Crippen LogP contribution in [0.2, 0.25) is 0 Å². The smallest absolute Gasteiger partial charge is 0.257 e. The van der Waals surface area contributed by atoms with Gasteiger partial charge in [-0.05, 0) is 113 Å². The maximum absolute atomic E-state index is 5.96. The maximum atomic E-state index is 5.96. The lowest BCUT2D eigenvalue weighted by atomic mass is 9.33. The summed E-state index contributed by atoms with van der Waals surface area (Å²) in [6.45, 7) is 2.12. The van der Waals surface area contributed by atoms with Gasteiger partial charge in [-0.15, -0.1) is 6.42 Å². The summed E-state index contributed by atoms with van der Waals surface area (Å²) in [5.41, 5.74) is 14.0. The Morgan fingerprint density at radius 2 is 0.981 bits per heavy atom. The first-order chi connectivity index (χ1) is 25.8. The Bertz CT molecular complexity index is 2700. The summed E-state index contributed by atoms with van der Waals surface area (Å²) in [5, 5.41) is 1.23. The number of benzene rings is 6. The van der Waals surface area contributed by atoms with E-state index in [1.165, 1.54) is 27.3 Å². The SMILES string of the molecule is C#C/C=C\c1c2c(n(-c3ccccc3)c1C)N(c1ccccc1)c1cccc3c1B2c1c(n(-c2ccccc2)c2ccccc12)N3c1ccccc1. The predicted octanol–water partition coefficient (Wildman–Crippen LogP) is 9.46. The number of anilines is 6. The van der Waals surface area contributed by atoms with Crippen LogP contribution < -0.4 is 26.2 Å². The van der Waals surface area contributed by atoms with Crippen LogP contribution in [0, 0.1) is 19.3 Å². The van der Waals surface area contributed by atoms with E-state index in [1.54, 1.807) is 0 Å². The van der Waals surface area contributed by atoms with E-state index < -0.39 is 0 Å². The zero-order valence-electron chi connectivity index (χ0n) is 28.7. The lowest BCUT2D eigenvalue weighted by Gasteiger charge is -2.43. The first-order valence-corrected chi connectivity index (χ1v) is 17.7. The topological polar surface area (TPSA) is 16.3 Å². The Hall–Kier alpha value is -6.90. The van der Waals surface area contributed by atoms with Gasteiger partial charge in [0.05, 0.1) is 5.52 Å². The Morgan fingerprint density at radius 3 is 1.54 bits per heavy atom. The molecule has 5 heteroatoms. The highest BCUT2D eigenvalue weighted by Gasteiger charge is 2.49. The highest BCUT2D eigenvalue weighted by atomic mass is 15.3. The molecule has 8 aromatic rings. The third kappa shape index (κ3) is 4.25. The average molecular weight is 665 g/mol. The molecular formula is C47H33BN4. The molecule has 0 saturated carbocycles. The summed E-state index contributed by atoms with van der Waals surface area (Å²) >= 11 is 0. The van der Waals surface area contributed by atoms with Crippen molar-refractivity contribution in [3.63, 3.8) is 0 Å². The molecule has 0 aliphatic carbocycles. The fraction of sp³-hybridized carbons (Fsp3) is 0.0213. The molecule has 4 nitrogen and oxygen atoms in total. The minimum atomic E-state index is -0.105. The van der Waals surface area contributed by atoms with Crippen molar-refractivity contribution in [3.8, 4) is 23.7 Å². The van der Waals surface area contributed by atoms with Crippen molar-refractivity contribution in [2.24, 2.45) is 0 Å². The van der Waals surface area contributed by atoms with Crippen molar-refractivity contribution in [2.45, 2.75) is 6.92 Å². The van der Waals surface area contributed by atoms with E-state index in [4.69, 9.17) is 6.42 Å². The first-order valence-electron chi connectivity index (χ1n) is 17.7. The minimum Gasteiger partial charge on any atom is -0.300 e. The highest BCUT2D eigenvalue weighted by molar-refractivity contribution is 7.02. The highest BCUT2D eigenvalue weighted by Crippen LogP contribution is 2.48. The summed E-state index contributed by atoms with van der Waals surface area (Å²) < 4.78 is 4.88. The van der Waals surface area contributed by atoms with E-state index in [1.807, 2.05) is 6.08 Å². The third-order valence-electron chi connectivity index (χ3n) is 10.6. The van der Waals surface area contributed by atoms with E-state index in [0.717, 1.165) is 57.0 Å². The molecule has 0 amide bonds. The number of allylic oxidation sites excluding steroid dienone is 1. The van der Waals surface area contributed by atoms with Crippen molar-refractivity contribution in [2.75, 3.05) is 9.80 Å². The largest absolute Gasteiger partial charge is 0.300 e. The maximum Gasteiger partial charge on any atom is 0.257 e. The van der Waals surface area contributed by atoms with E-state index in [9.17, 15) is 0 Å². The number of terminal acetylenes is 1. The number of fused-ring (bicyclic) bond motifs is 6. The molecule has 0 radical (unpaired) electrons. The number of nitrogens with zero attached hydrogens (tertiary/aromatic N) is 4. The molecule has 0 spiro atoms. The van der Waals surface area contributed by atoms with Crippen molar-refractivity contribution in [1.29, 1.82) is 0 Å². The van der Waals surface area contributed by atoms with Crippen molar-refractivity contribution >= 4 is 74.5 Å². The van der Waals surface area contributed by atoms with E-state index >= 15 is 0 Å². The molecule has 0 saturated heterocycles. The van der Waals surface area contributed by atoms with Crippen molar-refractivity contribution in [3.05, 3.63) is 181 Å². The number of hydrogen-bond donors (Lipinski definition) is 0.